The van der Waals surface area contributed by atoms with Gasteiger partial charge in [-0.05, 0) is 54.8 Å². The van der Waals surface area contributed by atoms with Gasteiger partial charge in [0.15, 0.2) is 0 Å². The number of hydrogen-bond acceptors (Lipinski definition) is 4. The van der Waals surface area contributed by atoms with Crippen LogP contribution in [0.1, 0.15) is 42.7 Å². The Kier molecular flexibility index (Phi) is 6.00. The molecule has 2 aromatic heterocycles. The van der Waals surface area contributed by atoms with Crippen LogP contribution in [0.15, 0.2) is 83.9 Å². The number of benzene rings is 3. The minimum atomic E-state index is -0.388. The van der Waals surface area contributed by atoms with Crippen LogP contribution in [0.4, 0.5) is 4.39 Å². The summed E-state index contributed by atoms with van der Waals surface area (Å²) in [6.45, 7) is 0.443. The van der Waals surface area contributed by atoms with E-state index in [4.69, 9.17) is 4.98 Å². The van der Waals surface area contributed by atoms with Crippen LogP contribution >= 0.6 is 0 Å². The molecule has 0 spiro atoms. The number of fused-ring (bicyclic) bond motifs is 2. The number of hydrogen-bond donors (Lipinski definition) is 1. The summed E-state index contributed by atoms with van der Waals surface area (Å²) in [6, 6.07) is 21.1. The number of aryl methyl sites for hydroxylation is 1. The molecular weight excluding hydrogens is 469 g/mol. The fraction of sp³-hybridized carbons (Fsp3) is 0.241. The van der Waals surface area contributed by atoms with Gasteiger partial charge in [-0.3, -0.25) is 14.2 Å². The van der Waals surface area contributed by atoms with E-state index in [-0.39, 0.29) is 35.8 Å². The highest BCUT2D eigenvalue weighted by molar-refractivity contribution is 5.79. The lowest BCUT2D eigenvalue weighted by Crippen LogP contribution is -2.32. The molecule has 1 aliphatic rings. The molecule has 1 saturated carbocycles. The molecule has 1 fully saturated rings. The summed E-state index contributed by atoms with van der Waals surface area (Å²) in [5, 5.41) is 3.72. The third-order valence-electron chi connectivity index (χ3n) is 6.88. The van der Waals surface area contributed by atoms with E-state index in [1.165, 1.54) is 12.1 Å². The fourth-order valence-corrected chi connectivity index (χ4v) is 4.85. The zero-order chi connectivity index (χ0) is 25.4. The number of carbonyl (C=O) groups is 1. The molecule has 3 aromatic carbocycles. The highest BCUT2D eigenvalue weighted by atomic mass is 19.1. The van der Waals surface area contributed by atoms with Crippen molar-refractivity contribution >= 4 is 27.8 Å². The molecule has 1 aliphatic carbocycles. The Morgan fingerprint density at radius 3 is 2.51 bits per heavy atom. The molecule has 7 nitrogen and oxygen atoms in total. The van der Waals surface area contributed by atoms with E-state index in [0.29, 0.717) is 29.7 Å². The van der Waals surface area contributed by atoms with Crippen molar-refractivity contribution in [3.05, 3.63) is 107 Å². The van der Waals surface area contributed by atoms with Crippen LogP contribution in [-0.4, -0.2) is 25.0 Å². The van der Waals surface area contributed by atoms with E-state index in [1.807, 2.05) is 47.0 Å². The standard InChI is InChI=1S/C29H26FN5O2/c30-20-11-9-19(10-12-20)25(17-34-18-31-24-7-3-4-8-26(24)34)33-28(36)16-15-27-32-23-6-2-1-5-22(23)29(37)35(27)21-13-14-21/h1-12,18,21,25H,13-17H2,(H,33,36). The van der Waals surface area contributed by atoms with E-state index in [9.17, 15) is 14.0 Å². The molecule has 0 radical (unpaired) electrons. The molecule has 0 bridgehead atoms. The number of amides is 1. The van der Waals surface area contributed by atoms with Gasteiger partial charge >= 0.3 is 0 Å². The van der Waals surface area contributed by atoms with Crippen molar-refractivity contribution in [1.82, 2.24) is 24.4 Å². The van der Waals surface area contributed by atoms with Crippen molar-refractivity contribution in [3.63, 3.8) is 0 Å². The topological polar surface area (TPSA) is 81.8 Å². The van der Waals surface area contributed by atoms with Gasteiger partial charge in [0.2, 0.25) is 5.91 Å². The van der Waals surface area contributed by atoms with Gasteiger partial charge < -0.3 is 9.88 Å². The average Bonchev–Trinajstić information content (AvgIpc) is 3.67. The maximum Gasteiger partial charge on any atom is 0.261 e. The number of rotatable bonds is 8. The van der Waals surface area contributed by atoms with E-state index < -0.39 is 0 Å². The quantitative estimate of drug-likeness (QED) is 0.338. The van der Waals surface area contributed by atoms with E-state index in [2.05, 4.69) is 10.3 Å². The van der Waals surface area contributed by atoms with Crippen LogP contribution in [-0.2, 0) is 17.8 Å². The molecular formula is C29H26FN5O2. The molecule has 5 aromatic rings. The Labute approximate surface area is 212 Å². The third kappa shape index (κ3) is 4.74. The van der Waals surface area contributed by atoms with Crippen LogP contribution in [0.25, 0.3) is 21.9 Å². The first kappa shape index (κ1) is 23.1. The smallest absolute Gasteiger partial charge is 0.261 e. The first-order chi connectivity index (χ1) is 18.1. The number of carbonyl (C=O) groups excluding carboxylic acids is 1. The van der Waals surface area contributed by atoms with E-state index in [0.717, 1.165) is 29.4 Å². The van der Waals surface area contributed by atoms with Crippen molar-refractivity contribution in [2.45, 2.75) is 44.3 Å². The van der Waals surface area contributed by atoms with E-state index in [1.54, 1.807) is 29.1 Å². The third-order valence-corrected chi connectivity index (χ3v) is 6.88. The summed E-state index contributed by atoms with van der Waals surface area (Å²) in [4.78, 5) is 35.5. The van der Waals surface area contributed by atoms with Crippen LogP contribution in [0.3, 0.4) is 0 Å². The summed E-state index contributed by atoms with van der Waals surface area (Å²) in [7, 11) is 0. The predicted molar refractivity (Wildman–Crippen MR) is 140 cm³/mol. The molecule has 1 unspecified atom stereocenters. The number of imidazole rings is 1. The SMILES string of the molecule is O=C(CCc1nc2ccccc2c(=O)n1C1CC1)NC(Cn1cnc2ccccc21)c1ccc(F)cc1. The predicted octanol–water partition coefficient (Wildman–Crippen LogP) is 4.71. The molecule has 0 aliphatic heterocycles. The highest BCUT2D eigenvalue weighted by Crippen LogP contribution is 2.35. The van der Waals surface area contributed by atoms with Gasteiger partial charge in [0.1, 0.15) is 11.6 Å². The Bertz CT molecular complexity index is 1650. The van der Waals surface area contributed by atoms with Gasteiger partial charge in [0.05, 0.1) is 34.3 Å². The van der Waals surface area contributed by atoms with Crippen molar-refractivity contribution < 1.29 is 9.18 Å². The molecule has 1 N–H and O–H groups in total. The lowest BCUT2D eigenvalue weighted by molar-refractivity contribution is -0.121. The molecule has 2 heterocycles. The number of halogens is 1. The van der Waals surface area contributed by atoms with Gasteiger partial charge in [-0.1, -0.05) is 36.4 Å². The fourth-order valence-electron chi connectivity index (χ4n) is 4.85. The Morgan fingerprint density at radius 1 is 1.00 bits per heavy atom. The van der Waals surface area contributed by atoms with Crippen molar-refractivity contribution in [3.8, 4) is 0 Å². The Balaban J connectivity index is 1.24. The molecule has 37 heavy (non-hydrogen) atoms. The molecule has 186 valence electrons. The zero-order valence-corrected chi connectivity index (χ0v) is 20.2. The Hall–Kier alpha value is -4.33. The second kappa shape index (κ2) is 9.61. The molecule has 6 rings (SSSR count). The lowest BCUT2D eigenvalue weighted by atomic mass is 10.1. The first-order valence-corrected chi connectivity index (χ1v) is 12.5. The van der Waals surface area contributed by atoms with Crippen molar-refractivity contribution in [2.24, 2.45) is 0 Å². The molecule has 1 atom stereocenters. The second-order valence-electron chi connectivity index (χ2n) is 9.51. The normalized spacial score (nSPS) is 14.2. The molecule has 0 saturated heterocycles. The van der Waals surface area contributed by atoms with Gasteiger partial charge in [-0.25, -0.2) is 14.4 Å². The Morgan fingerprint density at radius 2 is 1.73 bits per heavy atom. The summed E-state index contributed by atoms with van der Waals surface area (Å²) in [6.07, 6.45) is 4.18. The minimum Gasteiger partial charge on any atom is -0.347 e. The lowest BCUT2D eigenvalue weighted by Gasteiger charge is -2.21. The summed E-state index contributed by atoms with van der Waals surface area (Å²) >= 11 is 0. The highest BCUT2D eigenvalue weighted by Gasteiger charge is 2.28. The van der Waals surface area contributed by atoms with Crippen LogP contribution in [0.2, 0.25) is 0 Å². The van der Waals surface area contributed by atoms with E-state index >= 15 is 0 Å². The first-order valence-electron chi connectivity index (χ1n) is 12.5. The number of para-hydroxylation sites is 3. The van der Waals surface area contributed by atoms with Crippen LogP contribution in [0, 0.1) is 5.82 Å². The number of nitrogens with one attached hydrogen (secondary N) is 1. The molecule has 8 heteroatoms. The van der Waals surface area contributed by atoms with Gasteiger partial charge in [-0.2, -0.15) is 0 Å². The molecule has 1 amide bonds. The monoisotopic (exact) mass is 495 g/mol. The minimum absolute atomic E-state index is 0.0420. The zero-order valence-electron chi connectivity index (χ0n) is 20.2. The van der Waals surface area contributed by atoms with Gasteiger partial charge in [-0.15, -0.1) is 0 Å². The maximum atomic E-state index is 13.6. The summed E-state index contributed by atoms with van der Waals surface area (Å²) < 4.78 is 17.4. The second-order valence-corrected chi connectivity index (χ2v) is 9.51. The number of aromatic nitrogens is 4. The average molecular weight is 496 g/mol. The van der Waals surface area contributed by atoms with Crippen molar-refractivity contribution in [2.75, 3.05) is 0 Å². The van der Waals surface area contributed by atoms with Crippen molar-refractivity contribution in [1.29, 1.82) is 0 Å². The number of nitrogens with zero attached hydrogens (tertiary/aromatic N) is 4. The van der Waals surface area contributed by atoms with Crippen LogP contribution in [0.5, 0.6) is 0 Å². The largest absolute Gasteiger partial charge is 0.347 e. The summed E-state index contributed by atoms with van der Waals surface area (Å²) in [5.74, 6) is 0.145. The summed E-state index contributed by atoms with van der Waals surface area (Å²) in [5.41, 5.74) is 3.23. The van der Waals surface area contributed by atoms with Gasteiger partial charge in [0, 0.05) is 25.4 Å². The van der Waals surface area contributed by atoms with Gasteiger partial charge in [0.25, 0.3) is 5.56 Å². The maximum absolute atomic E-state index is 13.6. The van der Waals surface area contributed by atoms with Crippen LogP contribution < -0.4 is 10.9 Å².